The second-order valence-corrected chi connectivity index (χ2v) is 7.24. The molecule has 0 aliphatic carbocycles. The second-order valence-electron chi connectivity index (χ2n) is 5.54. The van der Waals surface area contributed by atoms with Gasteiger partial charge < -0.3 is 14.8 Å². The lowest BCUT2D eigenvalue weighted by atomic mass is 10.0. The minimum atomic E-state index is -0.916. The van der Waals surface area contributed by atoms with Crippen molar-refractivity contribution >= 4 is 10.8 Å². The molecule has 1 fully saturated rings. The van der Waals surface area contributed by atoms with Crippen LogP contribution in [0.4, 0.5) is 0 Å². The van der Waals surface area contributed by atoms with Gasteiger partial charge in [0.1, 0.15) is 5.75 Å². The average molecular weight is 311 g/mol. The second kappa shape index (κ2) is 7.38. The zero-order valence-electron chi connectivity index (χ0n) is 13.2. The van der Waals surface area contributed by atoms with Gasteiger partial charge in [-0.2, -0.15) is 0 Å². The summed E-state index contributed by atoms with van der Waals surface area (Å²) < 4.78 is 23.6. The number of rotatable bonds is 6. The molecule has 0 spiro atoms. The molecule has 0 amide bonds. The van der Waals surface area contributed by atoms with E-state index >= 15 is 0 Å². The summed E-state index contributed by atoms with van der Waals surface area (Å²) in [6.45, 7) is 4.78. The predicted molar refractivity (Wildman–Crippen MR) is 86.4 cm³/mol. The topological polar surface area (TPSA) is 47.6 Å². The van der Waals surface area contributed by atoms with Gasteiger partial charge in [-0.05, 0) is 33.4 Å². The largest absolute Gasteiger partial charge is 0.496 e. The highest BCUT2D eigenvalue weighted by Gasteiger charge is 2.31. The van der Waals surface area contributed by atoms with Crippen LogP contribution >= 0.6 is 0 Å². The Labute approximate surface area is 129 Å². The summed E-state index contributed by atoms with van der Waals surface area (Å²) in [5.74, 6) is 1.42. The van der Waals surface area contributed by atoms with Crippen LogP contribution in [-0.4, -0.2) is 42.1 Å². The predicted octanol–water partition coefficient (Wildman–Crippen LogP) is 2.19. The van der Waals surface area contributed by atoms with Crippen LogP contribution in [0.5, 0.6) is 5.75 Å². The Kier molecular flexibility index (Phi) is 5.79. The first-order valence-electron chi connectivity index (χ1n) is 7.37. The molecule has 1 aromatic carbocycles. The lowest BCUT2D eigenvalue weighted by Gasteiger charge is -2.22. The van der Waals surface area contributed by atoms with Crippen LogP contribution in [0.2, 0.25) is 0 Å². The molecule has 2 rings (SSSR count). The van der Waals surface area contributed by atoms with Crippen molar-refractivity contribution in [1.29, 1.82) is 0 Å². The van der Waals surface area contributed by atoms with E-state index in [1.54, 1.807) is 7.11 Å². The van der Waals surface area contributed by atoms with Crippen molar-refractivity contribution in [2.24, 2.45) is 0 Å². The molecule has 21 heavy (non-hydrogen) atoms. The number of benzene rings is 1. The van der Waals surface area contributed by atoms with Crippen molar-refractivity contribution in [3.8, 4) is 5.75 Å². The average Bonchev–Trinajstić information content (AvgIpc) is 2.90. The molecule has 4 atom stereocenters. The van der Waals surface area contributed by atoms with Gasteiger partial charge in [0.15, 0.2) is 0 Å². The van der Waals surface area contributed by atoms with Crippen molar-refractivity contribution in [2.75, 3.05) is 26.5 Å². The minimum absolute atomic E-state index is 0.0217. The Morgan fingerprint density at radius 1 is 1.52 bits per heavy atom. The third kappa shape index (κ3) is 3.84. The van der Waals surface area contributed by atoms with E-state index in [0.717, 1.165) is 24.3 Å². The molecular formula is C16H25NO3S. The Morgan fingerprint density at radius 3 is 2.86 bits per heavy atom. The Hall–Kier alpha value is -0.910. The molecule has 5 heteroatoms. The fraction of sp³-hybridized carbons (Fsp3) is 0.625. The molecule has 4 nitrogen and oxygen atoms in total. The van der Waals surface area contributed by atoms with Gasteiger partial charge >= 0.3 is 0 Å². The van der Waals surface area contributed by atoms with Crippen LogP contribution in [-0.2, 0) is 15.5 Å². The highest BCUT2D eigenvalue weighted by atomic mass is 32.2. The fourth-order valence-electron chi connectivity index (χ4n) is 2.80. The highest BCUT2D eigenvalue weighted by molar-refractivity contribution is 7.85. The number of methoxy groups -OCH3 is 1. The normalized spacial score (nSPS) is 24.8. The lowest BCUT2D eigenvalue weighted by Crippen LogP contribution is -2.31. The molecule has 1 aliphatic heterocycles. The van der Waals surface area contributed by atoms with Crippen molar-refractivity contribution in [2.45, 2.75) is 37.7 Å². The molecule has 0 radical (unpaired) electrons. The maximum Gasteiger partial charge on any atom is 0.123 e. The van der Waals surface area contributed by atoms with E-state index in [-0.39, 0.29) is 17.4 Å². The van der Waals surface area contributed by atoms with Gasteiger partial charge in [0.05, 0.1) is 18.5 Å². The van der Waals surface area contributed by atoms with Crippen molar-refractivity contribution in [3.05, 3.63) is 29.3 Å². The first-order chi connectivity index (χ1) is 10.1. The van der Waals surface area contributed by atoms with Gasteiger partial charge in [-0.1, -0.05) is 17.7 Å². The Balaban J connectivity index is 2.16. The van der Waals surface area contributed by atoms with Gasteiger partial charge in [0.25, 0.3) is 0 Å². The lowest BCUT2D eigenvalue weighted by molar-refractivity contribution is 0.127. The van der Waals surface area contributed by atoms with Crippen molar-refractivity contribution < 1.29 is 13.7 Å². The van der Waals surface area contributed by atoms with Gasteiger partial charge in [-0.25, -0.2) is 0 Å². The molecule has 118 valence electrons. The monoisotopic (exact) mass is 311 g/mol. The zero-order chi connectivity index (χ0) is 15.4. The number of nitrogens with one attached hydrogen (secondary N) is 1. The van der Waals surface area contributed by atoms with E-state index in [1.807, 2.05) is 26.1 Å². The number of aryl methyl sites for hydroxylation is 1. The third-order valence-corrected chi connectivity index (χ3v) is 6.04. The van der Waals surface area contributed by atoms with E-state index in [0.29, 0.717) is 5.75 Å². The van der Waals surface area contributed by atoms with Gasteiger partial charge in [0, 0.05) is 34.8 Å². The molecule has 1 saturated heterocycles. The van der Waals surface area contributed by atoms with E-state index in [1.165, 1.54) is 5.56 Å². The standard InChI is InChI=1S/C16H25NO3S/c1-11-5-6-15(19-4)13(9-11)14(17-3)10-21(18)16-7-8-20-12(16)2/h5-6,9,12,14,16-17H,7-8,10H2,1-4H3. The van der Waals surface area contributed by atoms with Crippen molar-refractivity contribution in [1.82, 2.24) is 5.32 Å². The van der Waals surface area contributed by atoms with Crippen molar-refractivity contribution in [3.63, 3.8) is 0 Å². The zero-order valence-corrected chi connectivity index (χ0v) is 14.0. The number of hydrogen-bond donors (Lipinski definition) is 1. The van der Waals surface area contributed by atoms with E-state index in [9.17, 15) is 4.21 Å². The highest BCUT2D eigenvalue weighted by Crippen LogP contribution is 2.28. The summed E-state index contributed by atoms with van der Waals surface area (Å²) in [6.07, 6.45) is 0.970. The minimum Gasteiger partial charge on any atom is -0.496 e. The molecule has 0 bridgehead atoms. The van der Waals surface area contributed by atoms with Crippen LogP contribution in [0.15, 0.2) is 18.2 Å². The molecule has 1 N–H and O–H groups in total. The maximum atomic E-state index is 12.6. The van der Waals surface area contributed by atoms with E-state index < -0.39 is 10.8 Å². The number of ether oxygens (including phenoxy) is 2. The summed E-state index contributed by atoms with van der Waals surface area (Å²) in [4.78, 5) is 0. The van der Waals surface area contributed by atoms with Gasteiger partial charge in [-0.3, -0.25) is 4.21 Å². The Morgan fingerprint density at radius 2 is 2.29 bits per heavy atom. The molecule has 1 aliphatic rings. The summed E-state index contributed by atoms with van der Waals surface area (Å²) in [5.41, 5.74) is 2.24. The first kappa shape index (κ1) is 16.5. The summed E-state index contributed by atoms with van der Waals surface area (Å²) >= 11 is 0. The maximum absolute atomic E-state index is 12.6. The molecule has 0 aromatic heterocycles. The summed E-state index contributed by atoms with van der Waals surface area (Å²) in [5, 5.41) is 3.41. The fourth-order valence-corrected chi connectivity index (χ4v) is 4.59. The first-order valence-corrected chi connectivity index (χ1v) is 8.75. The molecule has 1 heterocycles. The van der Waals surface area contributed by atoms with Gasteiger partial charge in [0.2, 0.25) is 0 Å². The van der Waals surface area contributed by atoms with Crippen LogP contribution in [0.1, 0.15) is 30.5 Å². The van der Waals surface area contributed by atoms with Gasteiger partial charge in [-0.15, -0.1) is 0 Å². The number of hydrogen-bond acceptors (Lipinski definition) is 4. The van der Waals surface area contributed by atoms with Crippen LogP contribution in [0, 0.1) is 6.92 Å². The van der Waals surface area contributed by atoms with Crippen LogP contribution in [0.3, 0.4) is 0 Å². The van der Waals surface area contributed by atoms with E-state index in [2.05, 4.69) is 18.3 Å². The molecule has 4 unspecified atom stereocenters. The quantitative estimate of drug-likeness (QED) is 0.875. The van der Waals surface area contributed by atoms with Crippen LogP contribution in [0.25, 0.3) is 0 Å². The smallest absolute Gasteiger partial charge is 0.123 e. The summed E-state index contributed by atoms with van der Waals surface area (Å²) in [6, 6.07) is 6.12. The van der Waals surface area contributed by atoms with Crippen LogP contribution < -0.4 is 10.1 Å². The molecule has 1 aromatic rings. The SMILES string of the molecule is CNC(CS(=O)C1CCOC1C)c1cc(C)ccc1OC. The molecule has 0 saturated carbocycles. The molecular weight excluding hydrogens is 286 g/mol. The Bertz CT molecular complexity index is 506. The van der Waals surface area contributed by atoms with E-state index in [4.69, 9.17) is 9.47 Å². The third-order valence-electron chi connectivity index (χ3n) is 4.08. The summed E-state index contributed by atoms with van der Waals surface area (Å²) in [7, 11) is 2.66.